The summed E-state index contributed by atoms with van der Waals surface area (Å²) in [4.78, 5) is 27.4. The van der Waals surface area contributed by atoms with Gasteiger partial charge in [0.25, 0.3) is 11.5 Å². The number of ether oxygens (including phenoxy) is 1. The van der Waals surface area contributed by atoms with Gasteiger partial charge in [0.1, 0.15) is 5.75 Å². The highest BCUT2D eigenvalue weighted by molar-refractivity contribution is 5.87. The van der Waals surface area contributed by atoms with Crippen molar-refractivity contribution in [1.29, 1.82) is 0 Å². The standard InChI is InChI=1S/C29H35F3N2O5/c1-33(26(35)28(38,29(30,31)32)23-9-6-10-25(17-23)39-2)18-20-13-22(14-20)21-11-12-34(27(36)37)24(16-21)15-19-7-4-3-5-8-19/h3-10,17,20-22,24,38H,11-16,18H2,1-2H3,(H,36,37). The lowest BCUT2D eigenvalue weighted by molar-refractivity contribution is -0.261. The number of carbonyl (C=O) groups is 2. The quantitative estimate of drug-likeness (QED) is 0.488. The number of piperidine rings is 1. The lowest BCUT2D eigenvalue weighted by Gasteiger charge is -2.47. The van der Waals surface area contributed by atoms with Crippen LogP contribution in [0.5, 0.6) is 5.75 Å². The number of alkyl halides is 3. The first-order chi connectivity index (χ1) is 18.4. The molecule has 1 heterocycles. The summed E-state index contributed by atoms with van der Waals surface area (Å²) in [6.45, 7) is 0.551. The molecular weight excluding hydrogens is 513 g/mol. The number of likely N-dealkylation sites (N-methyl/N-ethyl adjacent to an activating group) is 1. The molecule has 10 heteroatoms. The minimum absolute atomic E-state index is 0.0109. The molecular formula is C29H35F3N2O5. The van der Waals surface area contributed by atoms with Crippen molar-refractivity contribution in [2.45, 2.75) is 49.9 Å². The van der Waals surface area contributed by atoms with Crippen molar-refractivity contribution < 1.29 is 37.7 Å². The molecule has 0 aromatic heterocycles. The molecule has 0 spiro atoms. The minimum atomic E-state index is -5.22. The summed E-state index contributed by atoms with van der Waals surface area (Å²) in [5, 5.41) is 20.4. The predicted molar refractivity (Wildman–Crippen MR) is 138 cm³/mol. The van der Waals surface area contributed by atoms with Gasteiger partial charge in [0.15, 0.2) is 0 Å². The molecule has 0 bridgehead atoms. The van der Waals surface area contributed by atoms with Crippen LogP contribution in [0.4, 0.5) is 18.0 Å². The van der Waals surface area contributed by atoms with Crippen LogP contribution < -0.4 is 4.74 Å². The maximum absolute atomic E-state index is 14.1. The molecule has 2 fully saturated rings. The molecule has 2 aromatic rings. The van der Waals surface area contributed by atoms with Crippen LogP contribution in [0.2, 0.25) is 0 Å². The Morgan fingerprint density at radius 3 is 2.36 bits per heavy atom. The van der Waals surface area contributed by atoms with E-state index in [1.165, 1.54) is 31.2 Å². The van der Waals surface area contributed by atoms with E-state index < -0.39 is 29.3 Å². The fourth-order valence-electron chi connectivity index (χ4n) is 6.17. The monoisotopic (exact) mass is 548 g/mol. The van der Waals surface area contributed by atoms with Crippen LogP contribution in [0.1, 0.15) is 36.8 Å². The van der Waals surface area contributed by atoms with Crippen LogP contribution >= 0.6 is 0 Å². The van der Waals surface area contributed by atoms with Gasteiger partial charge >= 0.3 is 12.3 Å². The largest absolute Gasteiger partial charge is 0.497 e. The number of hydrogen-bond donors (Lipinski definition) is 2. The van der Waals surface area contributed by atoms with Crippen LogP contribution in [0.15, 0.2) is 54.6 Å². The summed E-state index contributed by atoms with van der Waals surface area (Å²) >= 11 is 0. The summed E-state index contributed by atoms with van der Waals surface area (Å²) in [5.41, 5.74) is -3.20. The number of carbonyl (C=O) groups excluding carboxylic acids is 1. The van der Waals surface area contributed by atoms with Gasteiger partial charge in [-0.3, -0.25) is 4.79 Å². The van der Waals surface area contributed by atoms with E-state index >= 15 is 0 Å². The van der Waals surface area contributed by atoms with Gasteiger partial charge in [-0.05, 0) is 67.6 Å². The second kappa shape index (κ2) is 11.5. The fourth-order valence-corrected chi connectivity index (χ4v) is 6.17. The Hall–Kier alpha value is -3.27. The molecule has 1 saturated heterocycles. The second-order valence-electron chi connectivity index (χ2n) is 10.8. The molecule has 212 valence electrons. The number of aliphatic hydroxyl groups is 1. The SMILES string of the molecule is COc1cccc(C(O)(C(=O)N(C)CC2CC(C3CCN(C(=O)O)C(Cc4ccccc4)C3)C2)C(F)(F)F)c1. The first kappa shape index (κ1) is 28.7. The van der Waals surface area contributed by atoms with E-state index in [0.29, 0.717) is 24.8 Å². The fraction of sp³-hybridized carbons (Fsp3) is 0.517. The normalized spacial score (nSPS) is 24.8. The number of nitrogens with zero attached hydrogens (tertiary/aromatic N) is 2. The summed E-state index contributed by atoms with van der Waals surface area (Å²) < 4.78 is 47.2. The molecule has 2 amide bonds. The van der Waals surface area contributed by atoms with Crippen LogP contribution in [0.25, 0.3) is 0 Å². The number of hydrogen-bond acceptors (Lipinski definition) is 4. The highest BCUT2D eigenvalue weighted by atomic mass is 19.4. The summed E-state index contributed by atoms with van der Waals surface area (Å²) in [6.07, 6.45) is -2.54. The van der Waals surface area contributed by atoms with Gasteiger partial charge in [-0.25, -0.2) is 4.79 Å². The Bertz CT molecular complexity index is 1160. The summed E-state index contributed by atoms with van der Waals surface area (Å²) in [7, 11) is 2.58. The lowest BCUT2D eigenvalue weighted by Crippen LogP contribution is -2.56. The Morgan fingerprint density at radius 1 is 1.05 bits per heavy atom. The zero-order valence-electron chi connectivity index (χ0n) is 22.1. The van der Waals surface area contributed by atoms with E-state index in [4.69, 9.17) is 4.74 Å². The van der Waals surface area contributed by atoms with Crippen molar-refractivity contribution in [3.63, 3.8) is 0 Å². The lowest BCUT2D eigenvalue weighted by atomic mass is 9.65. The van der Waals surface area contributed by atoms with E-state index in [1.807, 2.05) is 30.3 Å². The van der Waals surface area contributed by atoms with E-state index in [2.05, 4.69) is 0 Å². The second-order valence-corrected chi connectivity index (χ2v) is 10.8. The average molecular weight is 549 g/mol. The van der Waals surface area contributed by atoms with Gasteiger partial charge in [0.2, 0.25) is 0 Å². The number of amides is 2. The highest BCUT2D eigenvalue weighted by Gasteiger charge is 2.62. The van der Waals surface area contributed by atoms with E-state index in [9.17, 15) is 33.0 Å². The van der Waals surface area contributed by atoms with Crippen LogP contribution in [0, 0.1) is 17.8 Å². The molecule has 39 heavy (non-hydrogen) atoms. The Labute approximate surface area is 226 Å². The molecule has 1 saturated carbocycles. The smallest absolute Gasteiger partial charge is 0.430 e. The zero-order valence-corrected chi connectivity index (χ0v) is 22.1. The zero-order chi connectivity index (χ0) is 28.4. The van der Waals surface area contributed by atoms with Crippen molar-refractivity contribution >= 4 is 12.0 Å². The van der Waals surface area contributed by atoms with Crippen molar-refractivity contribution in [1.82, 2.24) is 9.80 Å². The predicted octanol–water partition coefficient (Wildman–Crippen LogP) is 4.93. The third-order valence-corrected chi connectivity index (χ3v) is 8.34. The molecule has 7 nitrogen and oxygen atoms in total. The Balaban J connectivity index is 1.37. The topological polar surface area (TPSA) is 90.3 Å². The van der Waals surface area contributed by atoms with Crippen molar-refractivity contribution in [2.24, 2.45) is 17.8 Å². The number of benzene rings is 2. The first-order valence-electron chi connectivity index (χ1n) is 13.2. The van der Waals surface area contributed by atoms with E-state index in [1.54, 1.807) is 0 Å². The highest BCUT2D eigenvalue weighted by Crippen LogP contribution is 2.46. The van der Waals surface area contributed by atoms with Crippen molar-refractivity contribution in [3.05, 3.63) is 65.7 Å². The minimum Gasteiger partial charge on any atom is -0.497 e. The molecule has 2 N–H and O–H groups in total. The van der Waals surface area contributed by atoms with Gasteiger partial charge in [-0.15, -0.1) is 0 Å². The van der Waals surface area contributed by atoms with E-state index in [0.717, 1.165) is 48.3 Å². The van der Waals surface area contributed by atoms with Gasteiger partial charge in [-0.2, -0.15) is 13.2 Å². The van der Waals surface area contributed by atoms with Crippen LogP contribution in [-0.2, 0) is 16.8 Å². The number of methoxy groups -OCH3 is 1. The average Bonchev–Trinajstić information content (AvgIpc) is 2.89. The first-order valence-corrected chi connectivity index (χ1v) is 13.2. The van der Waals surface area contributed by atoms with Crippen LogP contribution in [0.3, 0.4) is 0 Å². The summed E-state index contributed by atoms with van der Waals surface area (Å²) in [6, 6.07) is 14.5. The third-order valence-electron chi connectivity index (χ3n) is 8.34. The van der Waals surface area contributed by atoms with Gasteiger partial charge in [-0.1, -0.05) is 42.5 Å². The molecule has 3 unspecified atom stereocenters. The van der Waals surface area contributed by atoms with Gasteiger partial charge in [0.05, 0.1) is 7.11 Å². The van der Waals surface area contributed by atoms with Gasteiger partial charge in [0, 0.05) is 31.7 Å². The van der Waals surface area contributed by atoms with Crippen LogP contribution in [-0.4, -0.2) is 71.5 Å². The summed E-state index contributed by atoms with van der Waals surface area (Å²) in [5.74, 6) is -0.670. The van der Waals surface area contributed by atoms with Crippen molar-refractivity contribution in [3.8, 4) is 5.75 Å². The molecule has 1 aliphatic carbocycles. The number of halogens is 3. The van der Waals surface area contributed by atoms with Gasteiger partial charge < -0.3 is 24.7 Å². The molecule has 0 radical (unpaired) electrons. The Kier molecular flexibility index (Phi) is 8.44. The Morgan fingerprint density at radius 2 is 1.74 bits per heavy atom. The molecule has 2 aliphatic rings. The van der Waals surface area contributed by atoms with Crippen molar-refractivity contribution in [2.75, 3.05) is 27.2 Å². The molecule has 3 atom stereocenters. The number of carboxylic acid groups (broad SMARTS) is 1. The number of likely N-dealkylation sites (tertiary alicyclic amines) is 1. The maximum Gasteiger partial charge on any atom is 0.430 e. The number of rotatable bonds is 8. The molecule has 4 rings (SSSR count). The molecule has 2 aromatic carbocycles. The molecule has 1 aliphatic heterocycles. The van der Waals surface area contributed by atoms with E-state index in [-0.39, 0.29) is 24.3 Å². The maximum atomic E-state index is 14.1. The third kappa shape index (κ3) is 6.00.